The van der Waals surface area contributed by atoms with Crippen molar-refractivity contribution in [3.8, 4) is 0 Å². The Labute approximate surface area is 142 Å². The van der Waals surface area contributed by atoms with Crippen molar-refractivity contribution in [2.75, 3.05) is 6.54 Å². The van der Waals surface area contributed by atoms with E-state index in [4.69, 9.17) is 0 Å². The summed E-state index contributed by atoms with van der Waals surface area (Å²) in [5.74, 6) is -0.639. The number of carbonyl (C=O) groups excluding carboxylic acids is 3. The minimum absolute atomic E-state index is 0.00114. The summed E-state index contributed by atoms with van der Waals surface area (Å²) in [6.07, 6.45) is 0. The fraction of sp³-hybridized carbons (Fsp3) is 0.500. The smallest absolute Gasteiger partial charge is 0.325 e. The third-order valence-electron chi connectivity index (χ3n) is 4.32. The molecule has 6 heteroatoms. The number of carbonyl (C=O) groups is 3. The molecule has 1 aliphatic heterocycles. The van der Waals surface area contributed by atoms with E-state index >= 15 is 0 Å². The van der Waals surface area contributed by atoms with Crippen LogP contribution < -0.4 is 5.32 Å². The van der Waals surface area contributed by atoms with Gasteiger partial charge in [0.15, 0.2) is 0 Å². The Morgan fingerprint density at radius 3 is 2.17 bits per heavy atom. The van der Waals surface area contributed by atoms with E-state index in [1.807, 2.05) is 45.9 Å². The molecule has 1 aromatic rings. The summed E-state index contributed by atoms with van der Waals surface area (Å²) in [6, 6.07) is 8.51. The van der Waals surface area contributed by atoms with E-state index in [2.05, 4.69) is 5.32 Å². The molecule has 0 aliphatic carbocycles. The molecule has 1 fully saturated rings. The van der Waals surface area contributed by atoms with Crippen molar-refractivity contribution in [3.63, 3.8) is 0 Å². The molecular formula is C18H25N3O3. The number of rotatable bonds is 5. The summed E-state index contributed by atoms with van der Waals surface area (Å²) in [4.78, 5) is 40.4. The van der Waals surface area contributed by atoms with Crippen molar-refractivity contribution in [1.82, 2.24) is 15.1 Å². The van der Waals surface area contributed by atoms with Crippen LogP contribution in [-0.2, 0) is 15.1 Å². The highest BCUT2D eigenvalue weighted by Crippen LogP contribution is 2.28. The fourth-order valence-corrected chi connectivity index (χ4v) is 3.20. The van der Waals surface area contributed by atoms with Gasteiger partial charge in [0.25, 0.3) is 5.91 Å². The molecule has 0 bridgehead atoms. The zero-order valence-corrected chi connectivity index (χ0v) is 14.9. The molecule has 4 amide bonds. The molecule has 0 aromatic heterocycles. The largest absolute Gasteiger partial charge is 0.336 e. The third kappa shape index (κ3) is 3.13. The first-order chi connectivity index (χ1) is 11.2. The van der Waals surface area contributed by atoms with Crippen molar-refractivity contribution >= 4 is 17.8 Å². The molecule has 0 saturated carbocycles. The standard InChI is InChI=1S/C18H25N3O3/c1-12(2)21(13(3)4)15(22)11-20-16(23)18(5,19-17(20)24)14-9-7-6-8-10-14/h6-10,12-13H,11H2,1-5H3,(H,19,24)/t18-/m0/s1. The first-order valence-electron chi connectivity index (χ1n) is 8.19. The summed E-state index contributed by atoms with van der Waals surface area (Å²) in [5, 5.41) is 2.72. The molecule has 1 aliphatic rings. The van der Waals surface area contributed by atoms with Gasteiger partial charge in [0.05, 0.1) is 0 Å². The van der Waals surface area contributed by atoms with E-state index in [0.717, 1.165) is 4.90 Å². The van der Waals surface area contributed by atoms with Gasteiger partial charge in [-0.05, 0) is 40.2 Å². The number of nitrogens with one attached hydrogen (secondary N) is 1. The summed E-state index contributed by atoms with van der Waals surface area (Å²) >= 11 is 0. The Kier molecular flexibility index (Phi) is 4.96. The van der Waals surface area contributed by atoms with Crippen LogP contribution in [0.4, 0.5) is 4.79 Å². The maximum Gasteiger partial charge on any atom is 0.325 e. The van der Waals surface area contributed by atoms with Gasteiger partial charge in [-0.25, -0.2) is 4.79 Å². The van der Waals surface area contributed by atoms with Gasteiger partial charge < -0.3 is 10.2 Å². The van der Waals surface area contributed by atoms with Gasteiger partial charge in [-0.15, -0.1) is 0 Å². The van der Waals surface area contributed by atoms with Crippen LogP contribution in [0.2, 0.25) is 0 Å². The van der Waals surface area contributed by atoms with Gasteiger partial charge in [-0.3, -0.25) is 14.5 Å². The van der Waals surface area contributed by atoms with Crippen LogP contribution in [0.5, 0.6) is 0 Å². The molecule has 6 nitrogen and oxygen atoms in total. The van der Waals surface area contributed by atoms with Crippen LogP contribution in [0, 0.1) is 0 Å². The van der Waals surface area contributed by atoms with Crippen LogP contribution in [0.3, 0.4) is 0 Å². The van der Waals surface area contributed by atoms with Crippen molar-refractivity contribution in [1.29, 1.82) is 0 Å². The maximum atomic E-state index is 12.8. The van der Waals surface area contributed by atoms with Crippen LogP contribution in [0.25, 0.3) is 0 Å². The first-order valence-corrected chi connectivity index (χ1v) is 8.19. The Morgan fingerprint density at radius 1 is 1.12 bits per heavy atom. The molecule has 130 valence electrons. The second-order valence-corrected chi connectivity index (χ2v) is 6.80. The van der Waals surface area contributed by atoms with Gasteiger partial charge in [-0.2, -0.15) is 0 Å². The van der Waals surface area contributed by atoms with Gasteiger partial charge in [0.2, 0.25) is 5.91 Å². The summed E-state index contributed by atoms with van der Waals surface area (Å²) < 4.78 is 0. The normalized spacial score (nSPS) is 20.7. The summed E-state index contributed by atoms with van der Waals surface area (Å²) in [6.45, 7) is 9.07. The molecule has 1 saturated heterocycles. The molecule has 24 heavy (non-hydrogen) atoms. The Balaban J connectivity index is 2.22. The number of benzene rings is 1. The summed E-state index contributed by atoms with van der Waals surface area (Å²) in [5.41, 5.74) is -0.443. The predicted octanol–water partition coefficient (Wildman–Crippen LogP) is 2.10. The van der Waals surface area contributed by atoms with Gasteiger partial charge in [0, 0.05) is 12.1 Å². The third-order valence-corrected chi connectivity index (χ3v) is 4.32. The molecule has 1 atom stereocenters. The topological polar surface area (TPSA) is 69.7 Å². The predicted molar refractivity (Wildman–Crippen MR) is 91.2 cm³/mol. The highest BCUT2D eigenvalue weighted by Gasteiger charge is 2.49. The lowest BCUT2D eigenvalue weighted by atomic mass is 9.92. The second kappa shape index (κ2) is 6.63. The molecule has 1 aromatic carbocycles. The van der Waals surface area contributed by atoms with Crippen molar-refractivity contribution in [2.45, 2.75) is 52.2 Å². The van der Waals surface area contributed by atoms with E-state index < -0.39 is 17.5 Å². The molecule has 0 spiro atoms. The molecular weight excluding hydrogens is 306 g/mol. The van der Waals surface area contributed by atoms with E-state index in [1.165, 1.54) is 0 Å². The average Bonchev–Trinajstić information content (AvgIpc) is 2.72. The Bertz CT molecular complexity index is 634. The lowest BCUT2D eigenvalue weighted by Gasteiger charge is -2.32. The minimum Gasteiger partial charge on any atom is -0.336 e. The number of hydrogen-bond donors (Lipinski definition) is 1. The Morgan fingerprint density at radius 2 is 1.67 bits per heavy atom. The number of amides is 4. The first kappa shape index (κ1) is 18.0. The maximum absolute atomic E-state index is 12.8. The molecule has 1 heterocycles. The summed E-state index contributed by atoms with van der Waals surface area (Å²) in [7, 11) is 0. The minimum atomic E-state index is -1.14. The quantitative estimate of drug-likeness (QED) is 0.840. The van der Waals surface area contributed by atoms with Crippen molar-refractivity contribution in [2.24, 2.45) is 0 Å². The number of urea groups is 1. The highest BCUT2D eigenvalue weighted by atomic mass is 16.2. The van der Waals surface area contributed by atoms with Gasteiger partial charge >= 0.3 is 6.03 Å². The van der Waals surface area contributed by atoms with Gasteiger partial charge in [0.1, 0.15) is 12.1 Å². The molecule has 1 N–H and O–H groups in total. The van der Waals surface area contributed by atoms with E-state index in [-0.39, 0.29) is 24.5 Å². The Hall–Kier alpha value is -2.37. The zero-order chi connectivity index (χ0) is 18.1. The van der Waals surface area contributed by atoms with Crippen LogP contribution in [0.15, 0.2) is 30.3 Å². The lowest BCUT2D eigenvalue weighted by Crippen LogP contribution is -2.49. The van der Waals surface area contributed by atoms with Crippen LogP contribution in [0.1, 0.15) is 40.2 Å². The SMILES string of the molecule is CC(C)N(C(=O)CN1C(=O)N[C@@](C)(c2ccccc2)C1=O)C(C)C. The average molecular weight is 331 g/mol. The fourth-order valence-electron chi connectivity index (χ4n) is 3.20. The second-order valence-electron chi connectivity index (χ2n) is 6.80. The number of imide groups is 1. The van der Waals surface area contributed by atoms with Crippen molar-refractivity contribution < 1.29 is 14.4 Å². The van der Waals surface area contributed by atoms with Crippen LogP contribution in [-0.4, -0.2) is 46.3 Å². The molecule has 0 radical (unpaired) electrons. The lowest BCUT2D eigenvalue weighted by molar-refractivity contribution is -0.141. The molecule has 0 unspecified atom stereocenters. The van der Waals surface area contributed by atoms with Gasteiger partial charge in [-0.1, -0.05) is 30.3 Å². The van der Waals surface area contributed by atoms with E-state index in [0.29, 0.717) is 5.56 Å². The molecule has 2 rings (SSSR count). The monoisotopic (exact) mass is 331 g/mol. The van der Waals surface area contributed by atoms with E-state index in [1.54, 1.807) is 24.0 Å². The number of hydrogen-bond acceptors (Lipinski definition) is 3. The number of nitrogens with zero attached hydrogens (tertiary/aromatic N) is 2. The van der Waals surface area contributed by atoms with Crippen molar-refractivity contribution in [3.05, 3.63) is 35.9 Å². The van der Waals surface area contributed by atoms with E-state index in [9.17, 15) is 14.4 Å². The zero-order valence-electron chi connectivity index (χ0n) is 14.9. The van der Waals surface area contributed by atoms with Crippen LogP contribution >= 0.6 is 0 Å². The highest BCUT2D eigenvalue weighted by molar-refractivity contribution is 6.09.